The van der Waals surface area contributed by atoms with Crippen LogP contribution in [0.15, 0.2) is 47.6 Å². The van der Waals surface area contributed by atoms with Crippen molar-refractivity contribution in [3.63, 3.8) is 0 Å². The SMILES string of the molecule is CO[C@H]1C[C@@H]2CC[C@@H](C)[C@@](O)(O2)C(=O)C(=O)N2CCCC[C@H]2C(=O)O[C@H]([C@H](C)C[C@@H]2CC[C@@H](O)[C@H](OC)C2)CC(=O)/C(C)=C\C(C)[C@@H](O)[C@@H](OC)C(=O)[C@H](C)CC[C@H](C)C=CC=CC=C1C. The van der Waals surface area contributed by atoms with Crippen molar-refractivity contribution in [2.45, 2.75) is 186 Å². The number of nitrogens with zero attached hydrogens (tertiary/aromatic N) is 1. The van der Waals surface area contributed by atoms with Crippen molar-refractivity contribution in [1.29, 1.82) is 0 Å². The molecule has 14 heteroatoms. The van der Waals surface area contributed by atoms with Gasteiger partial charge in [0.25, 0.3) is 11.7 Å². The number of ether oxygens (including phenoxy) is 5. The second-order valence-corrected chi connectivity index (χ2v) is 19.9. The summed E-state index contributed by atoms with van der Waals surface area (Å²) in [6, 6.07) is -1.14. The topological polar surface area (TPSA) is 195 Å². The second kappa shape index (κ2) is 25.8. The Morgan fingerprint density at radius 2 is 1.58 bits per heavy atom. The standard InChI is InChI=1S/C52H81NO13/c1-31-16-12-11-13-17-32(2)43(62-8)29-39-23-21-37(7)52(61,66-39)49(58)50(59)53-25-15-14-18-40(53)51(60)65-44(35(5)27-38-22-24-41(54)45(28-38)63-9)30-42(55)34(4)26-36(6)47(57)48(64-10)46(56)33(3)20-19-31/h11-13,16-17,26,31,33,35-41,43-45,47-48,54,57,61H,14-15,18-25,27-30H2,1-10H3/b13-11?,16-12?,32-17?,34-26-/t31-,33-,35-,36?,37-,38+,39+,40+,41-,43+,44+,45-,47-,48+,52-/m1/s1. The number of Topliss-reactive ketones (excluding diaryl/α,β-unsaturated/α-hetero) is 3. The minimum atomic E-state index is -2.43. The highest BCUT2D eigenvalue weighted by Crippen LogP contribution is 2.38. The maximum Gasteiger partial charge on any atom is 0.329 e. The molecule has 2 bridgehead atoms. The maximum absolute atomic E-state index is 14.4. The van der Waals surface area contributed by atoms with Crippen LogP contribution in [0.5, 0.6) is 0 Å². The molecule has 4 aliphatic rings. The number of aliphatic hydroxyl groups is 3. The van der Waals surface area contributed by atoms with E-state index in [4.69, 9.17) is 23.7 Å². The lowest BCUT2D eigenvalue weighted by atomic mass is 9.78. The highest BCUT2D eigenvalue weighted by molar-refractivity contribution is 6.39. The third-order valence-corrected chi connectivity index (χ3v) is 14.8. The van der Waals surface area contributed by atoms with Crippen molar-refractivity contribution >= 4 is 29.2 Å². The van der Waals surface area contributed by atoms with Crippen LogP contribution in [0.25, 0.3) is 0 Å². The Bertz CT molecular complexity index is 1770. The molecule has 4 rings (SSSR count). The van der Waals surface area contributed by atoms with Crippen LogP contribution in [-0.4, -0.2) is 132 Å². The van der Waals surface area contributed by atoms with Crippen molar-refractivity contribution < 1.29 is 63.0 Å². The maximum atomic E-state index is 14.4. The molecule has 0 spiro atoms. The van der Waals surface area contributed by atoms with Crippen LogP contribution in [0.4, 0.5) is 0 Å². The molecule has 14 nitrogen and oxygen atoms in total. The Morgan fingerprint density at radius 3 is 2.26 bits per heavy atom. The lowest BCUT2D eigenvalue weighted by Gasteiger charge is -2.42. The molecule has 1 saturated carbocycles. The normalized spacial score (nSPS) is 38.4. The van der Waals surface area contributed by atoms with E-state index in [0.717, 1.165) is 18.4 Å². The van der Waals surface area contributed by atoms with Gasteiger partial charge in [-0.2, -0.15) is 0 Å². The number of esters is 1. The summed E-state index contributed by atoms with van der Waals surface area (Å²) in [7, 11) is 4.54. The molecule has 372 valence electrons. The number of hydrogen-bond donors (Lipinski definition) is 3. The van der Waals surface area contributed by atoms with Crippen LogP contribution >= 0.6 is 0 Å². The van der Waals surface area contributed by atoms with Gasteiger partial charge >= 0.3 is 5.97 Å². The molecular weight excluding hydrogens is 847 g/mol. The van der Waals surface area contributed by atoms with E-state index in [-0.39, 0.29) is 54.8 Å². The van der Waals surface area contributed by atoms with Crippen LogP contribution in [0.1, 0.15) is 132 Å². The van der Waals surface area contributed by atoms with Gasteiger partial charge in [-0.3, -0.25) is 19.2 Å². The largest absolute Gasteiger partial charge is 0.460 e. The van der Waals surface area contributed by atoms with Gasteiger partial charge in [-0.15, -0.1) is 0 Å². The van der Waals surface area contributed by atoms with Gasteiger partial charge in [0.15, 0.2) is 11.6 Å². The molecule has 3 heterocycles. The van der Waals surface area contributed by atoms with Gasteiger partial charge in [-0.05, 0) is 113 Å². The number of hydrogen-bond acceptors (Lipinski definition) is 13. The Hall–Kier alpha value is -3.37. The quantitative estimate of drug-likeness (QED) is 0.191. The molecule has 15 atom stereocenters. The number of allylic oxidation sites excluding steroid dienone is 6. The third-order valence-electron chi connectivity index (χ3n) is 14.8. The summed E-state index contributed by atoms with van der Waals surface area (Å²) in [5, 5.41) is 33.9. The molecule has 66 heavy (non-hydrogen) atoms. The molecule has 3 aliphatic heterocycles. The zero-order chi connectivity index (χ0) is 48.9. The first-order chi connectivity index (χ1) is 31.2. The monoisotopic (exact) mass is 928 g/mol. The number of ketones is 3. The first kappa shape index (κ1) is 55.2. The summed E-state index contributed by atoms with van der Waals surface area (Å²) in [4.78, 5) is 71.8. The average Bonchev–Trinajstić information content (AvgIpc) is 3.30. The van der Waals surface area contributed by atoms with Crippen LogP contribution < -0.4 is 0 Å². The fourth-order valence-electron chi connectivity index (χ4n) is 10.1. The molecule has 3 fully saturated rings. The summed E-state index contributed by atoms with van der Waals surface area (Å²) in [6.45, 7) is 12.8. The molecule has 0 radical (unpaired) electrons. The summed E-state index contributed by atoms with van der Waals surface area (Å²) in [5.74, 6) is -7.71. The van der Waals surface area contributed by atoms with E-state index in [1.165, 1.54) is 12.0 Å². The molecule has 0 aromatic rings. The molecule has 1 aliphatic carbocycles. The van der Waals surface area contributed by atoms with Crippen molar-refractivity contribution in [1.82, 2.24) is 4.90 Å². The van der Waals surface area contributed by atoms with Gasteiger partial charge in [-0.1, -0.05) is 71.1 Å². The van der Waals surface area contributed by atoms with E-state index >= 15 is 0 Å². The van der Waals surface area contributed by atoms with Gasteiger partial charge < -0.3 is 43.9 Å². The van der Waals surface area contributed by atoms with E-state index in [1.807, 2.05) is 45.1 Å². The van der Waals surface area contributed by atoms with E-state index in [2.05, 4.69) is 13.0 Å². The van der Waals surface area contributed by atoms with Crippen LogP contribution in [-0.2, 0) is 47.7 Å². The highest BCUT2D eigenvalue weighted by Gasteiger charge is 2.53. The Kier molecular flexibility index (Phi) is 21.6. The van der Waals surface area contributed by atoms with Crippen LogP contribution in [0, 0.1) is 35.5 Å². The predicted molar refractivity (Wildman–Crippen MR) is 250 cm³/mol. The molecule has 3 N–H and O–H groups in total. The number of carbonyl (C=O) groups excluding carboxylic acids is 5. The minimum Gasteiger partial charge on any atom is -0.460 e. The molecule has 0 aromatic heterocycles. The predicted octanol–water partition coefficient (Wildman–Crippen LogP) is 6.57. The Morgan fingerprint density at radius 1 is 0.848 bits per heavy atom. The van der Waals surface area contributed by atoms with Gasteiger partial charge in [0, 0.05) is 58.5 Å². The zero-order valence-corrected chi connectivity index (χ0v) is 41.3. The van der Waals surface area contributed by atoms with E-state index in [0.29, 0.717) is 63.4 Å². The number of rotatable bonds is 6. The fraction of sp³-hybridized carbons (Fsp3) is 0.750. The Labute approximate surface area is 393 Å². The van der Waals surface area contributed by atoms with E-state index in [9.17, 15) is 39.3 Å². The molecule has 2 saturated heterocycles. The van der Waals surface area contributed by atoms with Gasteiger partial charge in [0.05, 0.1) is 30.5 Å². The van der Waals surface area contributed by atoms with Crippen LogP contribution in [0.3, 0.4) is 0 Å². The number of fused-ring (bicyclic) bond motifs is 3. The first-order valence-electron chi connectivity index (χ1n) is 24.4. The molecule has 0 aromatic carbocycles. The number of amides is 1. The molecule has 1 unspecified atom stereocenters. The lowest BCUT2D eigenvalue weighted by Crippen LogP contribution is -2.61. The van der Waals surface area contributed by atoms with Crippen molar-refractivity contribution in [3.05, 3.63) is 47.6 Å². The van der Waals surface area contributed by atoms with Crippen molar-refractivity contribution in [2.75, 3.05) is 27.9 Å². The van der Waals surface area contributed by atoms with Gasteiger partial charge in [0.1, 0.15) is 18.2 Å². The van der Waals surface area contributed by atoms with Crippen molar-refractivity contribution in [2.24, 2.45) is 35.5 Å². The second-order valence-electron chi connectivity index (χ2n) is 19.9. The number of aliphatic hydroxyl groups excluding tert-OH is 2. The van der Waals surface area contributed by atoms with Crippen LogP contribution in [0.2, 0.25) is 0 Å². The number of carbonyl (C=O) groups is 5. The number of piperidine rings is 1. The Balaban J connectivity index is 1.69. The van der Waals surface area contributed by atoms with E-state index < -0.39 is 83.9 Å². The summed E-state index contributed by atoms with van der Waals surface area (Å²) >= 11 is 0. The third kappa shape index (κ3) is 14.6. The highest BCUT2D eigenvalue weighted by atomic mass is 16.6. The lowest BCUT2D eigenvalue weighted by molar-refractivity contribution is -0.265. The summed E-state index contributed by atoms with van der Waals surface area (Å²) in [6.07, 6.45) is 12.3. The van der Waals surface area contributed by atoms with Gasteiger partial charge in [-0.25, -0.2) is 4.79 Å². The van der Waals surface area contributed by atoms with Gasteiger partial charge in [0.2, 0.25) is 5.79 Å². The van der Waals surface area contributed by atoms with Crippen molar-refractivity contribution in [3.8, 4) is 0 Å². The fourth-order valence-corrected chi connectivity index (χ4v) is 10.1. The number of cyclic esters (lactones) is 1. The molecule has 1 amide bonds. The number of methoxy groups -OCH3 is 3. The minimum absolute atomic E-state index is 0.0867. The summed E-state index contributed by atoms with van der Waals surface area (Å²) in [5.41, 5.74) is 1.21. The summed E-state index contributed by atoms with van der Waals surface area (Å²) < 4.78 is 29.4. The van der Waals surface area contributed by atoms with E-state index in [1.54, 1.807) is 41.1 Å². The first-order valence-corrected chi connectivity index (χ1v) is 24.4. The average molecular weight is 928 g/mol. The zero-order valence-electron chi connectivity index (χ0n) is 41.3. The smallest absolute Gasteiger partial charge is 0.329 e. The molecular formula is C52H81NO13.